The van der Waals surface area contributed by atoms with Gasteiger partial charge in [-0.05, 0) is 49.7 Å². The Balaban J connectivity index is 1.82. The molecular formula is C14H21NO. The average Bonchev–Trinajstić information content (AvgIpc) is 2.31. The van der Waals surface area contributed by atoms with Gasteiger partial charge in [-0.3, -0.25) is 4.98 Å². The first-order chi connectivity index (χ1) is 7.75. The smallest absolute Gasteiger partial charge is 0.122 e. The van der Waals surface area contributed by atoms with Gasteiger partial charge in [-0.1, -0.05) is 13.8 Å². The number of hydrogen-bond donors (Lipinski definition) is 0. The maximum Gasteiger partial charge on any atom is 0.122 e. The molecule has 1 saturated carbocycles. The van der Waals surface area contributed by atoms with E-state index in [1.807, 2.05) is 12.1 Å². The second kappa shape index (κ2) is 5.33. The lowest BCUT2D eigenvalue weighted by Gasteiger charge is -2.31. The van der Waals surface area contributed by atoms with E-state index in [9.17, 15) is 0 Å². The maximum absolute atomic E-state index is 5.94. The second-order valence-electron chi connectivity index (χ2n) is 5.08. The molecule has 0 amide bonds. The Labute approximate surface area is 98.0 Å². The number of hydrogen-bond acceptors (Lipinski definition) is 2. The molecule has 0 bridgehead atoms. The van der Waals surface area contributed by atoms with Crippen molar-refractivity contribution < 1.29 is 4.74 Å². The predicted octanol–water partition coefficient (Wildman–Crippen LogP) is 3.68. The standard InChI is InChI=1S/C14H21NO/c1-11(2)12-3-5-13(6-4-12)16-14-7-9-15-10-8-14/h7-13H,3-6H2,1-2H3. The van der Waals surface area contributed by atoms with Crippen LogP contribution in [-0.4, -0.2) is 11.1 Å². The molecule has 0 spiro atoms. The van der Waals surface area contributed by atoms with E-state index in [0.717, 1.165) is 17.6 Å². The largest absolute Gasteiger partial charge is 0.490 e. The number of nitrogens with zero attached hydrogens (tertiary/aromatic N) is 1. The minimum atomic E-state index is 0.414. The lowest BCUT2D eigenvalue weighted by Crippen LogP contribution is -2.26. The average molecular weight is 219 g/mol. The lowest BCUT2D eigenvalue weighted by molar-refractivity contribution is 0.116. The number of ether oxygens (including phenoxy) is 1. The van der Waals surface area contributed by atoms with Gasteiger partial charge in [0.25, 0.3) is 0 Å². The molecule has 0 aromatic carbocycles. The van der Waals surface area contributed by atoms with Gasteiger partial charge in [0, 0.05) is 12.4 Å². The monoisotopic (exact) mass is 219 g/mol. The summed E-state index contributed by atoms with van der Waals surface area (Å²) in [6.07, 6.45) is 9.01. The summed E-state index contributed by atoms with van der Waals surface area (Å²) in [4.78, 5) is 3.99. The van der Waals surface area contributed by atoms with Gasteiger partial charge in [0.15, 0.2) is 0 Å². The molecule has 0 atom stereocenters. The van der Waals surface area contributed by atoms with E-state index in [2.05, 4.69) is 18.8 Å². The Morgan fingerprint density at radius 3 is 2.31 bits per heavy atom. The fourth-order valence-electron chi connectivity index (χ4n) is 2.48. The summed E-state index contributed by atoms with van der Waals surface area (Å²) in [5.74, 6) is 2.68. The van der Waals surface area contributed by atoms with Crippen LogP contribution in [0.15, 0.2) is 24.5 Å². The van der Waals surface area contributed by atoms with Crippen LogP contribution in [0.1, 0.15) is 39.5 Å². The summed E-state index contributed by atoms with van der Waals surface area (Å²) in [5, 5.41) is 0. The molecule has 1 aliphatic carbocycles. The fourth-order valence-corrected chi connectivity index (χ4v) is 2.48. The Morgan fingerprint density at radius 1 is 1.12 bits per heavy atom. The molecule has 1 aromatic rings. The van der Waals surface area contributed by atoms with E-state index in [0.29, 0.717) is 6.10 Å². The van der Waals surface area contributed by atoms with Crippen molar-refractivity contribution in [3.63, 3.8) is 0 Å². The van der Waals surface area contributed by atoms with Crippen molar-refractivity contribution in [2.75, 3.05) is 0 Å². The van der Waals surface area contributed by atoms with Crippen LogP contribution in [0, 0.1) is 11.8 Å². The summed E-state index contributed by atoms with van der Waals surface area (Å²) in [6.45, 7) is 4.66. The van der Waals surface area contributed by atoms with Crippen molar-refractivity contribution in [3.8, 4) is 5.75 Å². The van der Waals surface area contributed by atoms with Crippen LogP contribution in [0.2, 0.25) is 0 Å². The molecule has 2 rings (SSSR count). The Bertz CT molecular complexity index is 302. The lowest BCUT2D eigenvalue weighted by atomic mass is 9.80. The van der Waals surface area contributed by atoms with Crippen LogP contribution in [0.3, 0.4) is 0 Å². The summed E-state index contributed by atoms with van der Waals surface area (Å²) in [5.41, 5.74) is 0. The van der Waals surface area contributed by atoms with E-state index < -0.39 is 0 Å². The van der Waals surface area contributed by atoms with Crippen molar-refractivity contribution in [1.82, 2.24) is 4.98 Å². The first kappa shape index (κ1) is 11.4. The van der Waals surface area contributed by atoms with Crippen LogP contribution in [0.25, 0.3) is 0 Å². The van der Waals surface area contributed by atoms with Gasteiger partial charge in [0.2, 0.25) is 0 Å². The van der Waals surface area contributed by atoms with E-state index in [1.165, 1.54) is 25.7 Å². The molecule has 0 saturated heterocycles. The van der Waals surface area contributed by atoms with Crippen molar-refractivity contribution in [2.24, 2.45) is 11.8 Å². The third-order valence-electron chi connectivity index (χ3n) is 3.61. The third kappa shape index (κ3) is 2.97. The molecule has 1 aliphatic rings. The molecule has 0 radical (unpaired) electrons. The van der Waals surface area contributed by atoms with Gasteiger partial charge in [-0.15, -0.1) is 0 Å². The zero-order valence-corrected chi connectivity index (χ0v) is 10.2. The van der Waals surface area contributed by atoms with E-state index in [-0.39, 0.29) is 0 Å². The van der Waals surface area contributed by atoms with Crippen molar-refractivity contribution in [3.05, 3.63) is 24.5 Å². The molecular weight excluding hydrogens is 198 g/mol. The Kier molecular flexibility index (Phi) is 3.81. The fraction of sp³-hybridized carbons (Fsp3) is 0.643. The molecule has 2 nitrogen and oxygen atoms in total. The van der Waals surface area contributed by atoms with Crippen LogP contribution >= 0.6 is 0 Å². The van der Waals surface area contributed by atoms with Crippen LogP contribution < -0.4 is 4.74 Å². The number of aromatic nitrogens is 1. The van der Waals surface area contributed by atoms with E-state index >= 15 is 0 Å². The van der Waals surface area contributed by atoms with E-state index in [1.54, 1.807) is 12.4 Å². The highest BCUT2D eigenvalue weighted by molar-refractivity contribution is 5.17. The molecule has 16 heavy (non-hydrogen) atoms. The number of pyridine rings is 1. The maximum atomic E-state index is 5.94. The number of rotatable bonds is 3. The summed E-state index contributed by atoms with van der Waals surface area (Å²) < 4.78 is 5.94. The normalized spacial score (nSPS) is 25.7. The van der Waals surface area contributed by atoms with Gasteiger partial charge in [-0.2, -0.15) is 0 Å². The van der Waals surface area contributed by atoms with Crippen LogP contribution in [-0.2, 0) is 0 Å². The van der Waals surface area contributed by atoms with Crippen LogP contribution in [0.4, 0.5) is 0 Å². The SMILES string of the molecule is CC(C)C1CCC(Oc2ccncc2)CC1. The van der Waals surface area contributed by atoms with Gasteiger partial charge >= 0.3 is 0 Å². The zero-order chi connectivity index (χ0) is 11.4. The topological polar surface area (TPSA) is 22.1 Å². The first-order valence-corrected chi connectivity index (χ1v) is 6.32. The van der Waals surface area contributed by atoms with Crippen molar-refractivity contribution in [1.29, 1.82) is 0 Å². The molecule has 0 unspecified atom stereocenters. The molecule has 1 fully saturated rings. The van der Waals surface area contributed by atoms with Gasteiger partial charge in [0.1, 0.15) is 5.75 Å². The Morgan fingerprint density at radius 2 is 1.75 bits per heavy atom. The summed E-state index contributed by atoms with van der Waals surface area (Å²) in [7, 11) is 0. The zero-order valence-electron chi connectivity index (χ0n) is 10.2. The summed E-state index contributed by atoms with van der Waals surface area (Å²) in [6, 6.07) is 3.88. The molecule has 0 N–H and O–H groups in total. The van der Waals surface area contributed by atoms with Crippen LogP contribution in [0.5, 0.6) is 5.75 Å². The minimum absolute atomic E-state index is 0.414. The molecule has 0 aliphatic heterocycles. The molecule has 1 aromatic heterocycles. The first-order valence-electron chi connectivity index (χ1n) is 6.32. The second-order valence-corrected chi connectivity index (χ2v) is 5.08. The summed E-state index contributed by atoms with van der Waals surface area (Å²) >= 11 is 0. The van der Waals surface area contributed by atoms with Gasteiger partial charge < -0.3 is 4.74 Å². The minimum Gasteiger partial charge on any atom is -0.490 e. The Hall–Kier alpha value is -1.05. The van der Waals surface area contributed by atoms with Crippen molar-refractivity contribution >= 4 is 0 Å². The van der Waals surface area contributed by atoms with E-state index in [4.69, 9.17) is 4.74 Å². The molecule has 1 heterocycles. The predicted molar refractivity (Wildman–Crippen MR) is 65.4 cm³/mol. The highest BCUT2D eigenvalue weighted by Gasteiger charge is 2.24. The van der Waals surface area contributed by atoms with Gasteiger partial charge in [0.05, 0.1) is 6.10 Å². The third-order valence-corrected chi connectivity index (χ3v) is 3.61. The highest BCUT2D eigenvalue weighted by Crippen LogP contribution is 2.31. The molecule has 88 valence electrons. The van der Waals surface area contributed by atoms with Gasteiger partial charge in [-0.25, -0.2) is 0 Å². The van der Waals surface area contributed by atoms with Crippen molar-refractivity contribution in [2.45, 2.75) is 45.6 Å². The molecule has 2 heteroatoms. The highest BCUT2D eigenvalue weighted by atomic mass is 16.5. The quantitative estimate of drug-likeness (QED) is 0.773.